The van der Waals surface area contributed by atoms with Gasteiger partial charge in [0.1, 0.15) is 5.01 Å². The molecule has 5 nitrogen and oxygen atoms in total. The number of aromatic nitrogens is 1. The fourth-order valence-corrected chi connectivity index (χ4v) is 2.42. The number of hydrogen-bond donors (Lipinski definition) is 1. The maximum atomic E-state index is 10.8. The van der Waals surface area contributed by atoms with E-state index in [0.29, 0.717) is 24.8 Å². The molecule has 0 atom stereocenters. The van der Waals surface area contributed by atoms with Crippen LogP contribution >= 0.6 is 11.3 Å². The topological polar surface area (TPSA) is 68.7 Å². The van der Waals surface area contributed by atoms with E-state index >= 15 is 0 Å². The lowest BCUT2D eigenvalue weighted by Gasteiger charge is -2.05. The second kappa shape index (κ2) is 7.14. The molecule has 1 aromatic heterocycles. The molecule has 2 rings (SSSR count). The zero-order valence-electron chi connectivity index (χ0n) is 11.0. The Bertz CT molecular complexity index is 582. The van der Waals surface area contributed by atoms with Gasteiger partial charge in [0, 0.05) is 18.1 Å². The lowest BCUT2D eigenvalue weighted by Crippen LogP contribution is -2.01. The van der Waals surface area contributed by atoms with E-state index in [1.165, 1.54) is 11.3 Å². The van der Waals surface area contributed by atoms with Crippen LogP contribution in [-0.4, -0.2) is 36.4 Å². The number of thiazole rings is 1. The van der Waals surface area contributed by atoms with Crippen LogP contribution in [-0.2, 0) is 16.1 Å². The highest BCUT2D eigenvalue weighted by atomic mass is 32.1. The van der Waals surface area contributed by atoms with Gasteiger partial charge in [-0.25, -0.2) is 9.78 Å². The number of carboxylic acids is 1. The third kappa shape index (κ3) is 3.86. The average Bonchev–Trinajstić information content (AvgIpc) is 2.94. The number of carbonyl (C=O) groups is 1. The third-order valence-corrected chi connectivity index (χ3v) is 3.49. The van der Waals surface area contributed by atoms with E-state index in [-0.39, 0.29) is 5.69 Å². The molecule has 0 unspecified atom stereocenters. The Hall–Kier alpha value is -1.76. The molecule has 0 fully saturated rings. The number of rotatable bonds is 7. The van der Waals surface area contributed by atoms with Crippen molar-refractivity contribution in [2.45, 2.75) is 6.61 Å². The number of hydrogen-bond acceptors (Lipinski definition) is 5. The molecule has 0 aliphatic carbocycles. The number of aromatic carboxylic acids is 1. The number of methoxy groups -OCH3 is 1. The van der Waals surface area contributed by atoms with Crippen LogP contribution in [0.15, 0.2) is 29.6 Å². The molecule has 2 aromatic rings. The van der Waals surface area contributed by atoms with Crippen LogP contribution in [0.1, 0.15) is 16.1 Å². The van der Waals surface area contributed by atoms with Crippen molar-refractivity contribution in [3.63, 3.8) is 0 Å². The molecule has 0 aliphatic rings. The van der Waals surface area contributed by atoms with Gasteiger partial charge in [-0.1, -0.05) is 18.2 Å². The van der Waals surface area contributed by atoms with E-state index in [9.17, 15) is 4.79 Å². The second-order valence-electron chi connectivity index (χ2n) is 4.09. The summed E-state index contributed by atoms with van der Waals surface area (Å²) in [5.41, 5.74) is 1.99. The molecule has 0 saturated carbocycles. The molecular weight excluding hydrogens is 278 g/mol. The number of carboxylic acid groups (broad SMARTS) is 1. The Labute approximate surface area is 120 Å². The first-order chi connectivity index (χ1) is 9.70. The van der Waals surface area contributed by atoms with Crippen molar-refractivity contribution in [3.05, 3.63) is 40.9 Å². The minimum absolute atomic E-state index is 0.0757. The summed E-state index contributed by atoms with van der Waals surface area (Å²) in [4.78, 5) is 14.9. The van der Waals surface area contributed by atoms with E-state index in [1.54, 1.807) is 12.5 Å². The summed E-state index contributed by atoms with van der Waals surface area (Å²) in [6, 6.07) is 7.73. The highest BCUT2D eigenvalue weighted by Crippen LogP contribution is 2.24. The summed E-state index contributed by atoms with van der Waals surface area (Å²) in [6.45, 7) is 1.60. The van der Waals surface area contributed by atoms with Gasteiger partial charge >= 0.3 is 5.97 Å². The maximum Gasteiger partial charge on any atom is 0.355 e. The summed E-state index contributed by atoms with van der Waals surface area (Å²) in [7, 11) is 1.63. The SMILES string of the molecule is COCCOCc1cccc(-c2nc(C(=O)O)cs2)c1. The van der Waals surface area contributed by atoms with E-state index in [0.717, 1.165) is 11.1 Å². The van der Waals surface area contributed by atoms with Crippen molar-refractivity contribution in [2.24, 2.45) is 0 Å². The van der Waals surface area contributed by atoms with Crippen molar-refractivity contribution in [2.75, 3.05) is 20.3 Å². The summed E-state index contributed by atoms with van der Waals surface area (Å²) >= 11 is 1.32. The quantitative estimate of drug-likeness (QED) is 0.795. The van der Waals surface area contributed by atoms with Crippen molar-refractivity contribution in [1.82, 2.24) is 4.98 Å². The zero-order valence-corrected chi connectivity index (χ0v) is 11.9. The molecule has 1 heterocycles. The van der Waals surface area contributed by atoms with E-state index < -0.39 is 5.97 Å². The Morgan fingerprint density at radius 3 is 2.95 bits per heavy atom. The molecule has 0 aliphatic heterocycles. The zero-order chi connectivity index (χ0) is 14.4. The molecule has 0 bridgehead atoms. The van der Waals surface area contributed by atoms with Gasteiger partial charge in [0.15, 0.2) is 5.69 Å². The van der Waals surface area contributed by atoms with Gasteiger partial charge in [-0.3, -0.25) is 0 Å². The maximum absolute atomic E-state index is 10.8. The Balaban J connectivity index is 2.06. The Morgan fingerprint density at radius 2 is 2.25 bits per heavy atom. The molecule has 6 heteroatoms. The van der Waals surface area contributed by atoms with Crippen LogP contribution in [0.2, 0.25) is 0 Å². The molecule has 0 amide bonds. The lowest BCUT2D eigenvalue weighted by atomic mass is 10.1. The molecule has 0 saturated heterocycles. The Kier molecular flexibility index (Phi) is 5.23. The van der Waals surface area contributed by atoms with Crippen molar-refractivity contribution >= 4 is 17.3 Å². The van der Waals surface area contributed by atoms with Gasteiger partial charge in [0.25, 0.3) is 0 Å². The smallest absolute Gasteiger partial charge is 0.355 e. The second-order valence-corrected chi connectivity index (χ2v) is 4.95. The standard InChI is InChI=1S/C14H15NO4S/c1-18-5-6-19-8-10-3-2-4-11(7-10)13-15-12(9-20-13)14(16)17/h2-4,7,9H,5-6,8H2,1H3,(H,16,17). The monoisotopic (exact) mass is 293 g/mol. The highest BCUT2D eigenvalue weighted by Gasteiger charge is 2.10. The predicted octanol–water partition coefficient (Wildman–Crippen LogP) is 2.67. The van der Waals surface area contributed by atoms with Crippen LogP contribution < -0.4 is 0 Å². The van der Waals surface area contributed by atoms with Crippen LogP contribution in [0.25, 0.3) is 10.6 Å². The van der Waals surface area contributed by atoms with Crippen LogP contribution in [0, 0.1) is 0 Å². The van der Waals surface area contributed by atoms with Gasteiger partial charge in [-0.05, 0) is 11.6 Å². The van der Waals surface area contributed by atoms with Gasteiger partial charge in [-0.2, -0.15) is 0 Å². The lowest BCUT2D eigenvalue weighted by molar-refractivity contribution is 0.0617. The first kappa shape index (κ1) is 14.6. The van der Waals surface area contributed by atoms with Crippen LogP contribution in [0.5, 0.6) is 0 Å². The van der Waals surface area contributed by atoms with Crippen molar-refractivity contribution < 1.29 is 19.4 Å². The summed E-state index contributed by atoms with van der Waals surface area (Å²) < 4.78 is 10.4. The predicted molar refractivity (Wildman–Crippen MR) is 76.0 cm³/mol. The average molecular weight is 293 g/mol. The fourth-order valence-electron chi connectivity index (χ4n) is 1.63. The summed E-state index contributed by atoms with van der Waals surface area (Å²) in [5.74, 6) is -1.01. The molecule has 0 spiro atoms. The first-order valence-electron chi connectivity index (χ1n) is 6.05. The molecule has 1 aromatic carbocycles. The Morgan fingerprint density at radius 1 is 1.40 bits per heavy atom. The summed E-state index contributed by atoms with van der Waals surface area (Å²) in [6.07, 6.45) is 0. The number of ether oxygens (including phenoxy) is 2. The highest BCUT2D eigenvalue weighted by molar-refractivity contribution is 7.13. The van der Waals surface area contributed by atoms with E-state index in [1.807, 2.05) is 24.3 Å². The van der Waals surface area contributed by atoms with Crippen LogP contribution in [0.3, 0.4) is 0 Å². The normalized spacial score (nSPS) is 10.7. The molecule has 0 radical (unpaired) electrons. The van der Waals surface area contributed by atoms with E-state index in [4.69, 9.17) is 14.6 Å². The van der Waals surface area contributed by atoms with Gasteiger partial charge in [0.05, 0.1) is 19.8 Å². The molecule has 106 valence electrons. The largest absolute Gasteiger partial charge is 0.476 e. The first-order valence-corrected chi connectivity index (χ1v) is 6.93. The molecule has 1 N–H and O–H groups in total. The van der Waals surface area contributed by atoms with E-state index in [2.05, 4.69) is 4.98 Å². The van der Waals surface area contributed by atoms with Gasteiger partial charge < -0.3 is 14.6 Å². The fraction of sp³-hybridized carbons (Fsp3) is 0.286. The summed E-state index contributed by atoms with van der Waals surface area (Å²) in [5, 5.41) is 11.1. The molecular formula is C14H15NO4S. The van der Waals surface area contributed by atoms with Crippen molar-refractivity contribution in [3.8, 4) is 10.6 Å². The van der Waals surface area contributed by atoms with Crippen molar-refractivity contribution in [1.29, 1.82) is 0 Å². The van der Waals surface area contributed by atoms with Crippen LogP contribution in [0.4, 0.5) is 0 Å². The minimum Gasteiger partial charge on any atom is -0.476 e. The molecule has 20 heavy (non-hydrogen) atoms. The number of benzene rings is 1. The third-order valence-electron chi connectivity index (χ3n) is 2.60. The van der Waals surface area contributed by atoms with Gasteiger partial charge in [-0.15, -0.1) is 11.3 Å². The minimum atomic E-state index is -1.01. The number of nitrogens with zero attached hydrogens (tertiary/aromatic N) is 1. The van der Waals surface area contributed by atoms with Gasteiger partial charge in [0.2, 0.25) is 0 Å².